The number of nitrogens with zero attached hydrogens (tertiary/aromatic N) is 2. The van der Waals surface area contributed by atoms with E-state index in [9.17, 15) is 9.59 Å². The summed E-state index contributed by atoms with van der Waals surface area (Å²) in [6.07, 6.45) is 5.41. The smallest absolute Gasteiger partial charge is 0.272 e. The first-order valence-electron chi connectivity index (χ1n) is 10.0. The lowest BCUT2D eigenvalue weighted by Gasteiger charge is -2.32. The highest BCUT2D eigenvalue weighted by atomic mass is 16.2. The van der Waals surface area contributed by atoms with E-state index in [0.717, 1.165) is 36.6 Å². The van der Waals surface area contributed by atoms with Gasteiger partial charge in [0.2, 0.25) is 0 Å². The van der Waals surface area contributed by atoms with Gasteiger partial charge >= 0.3 is 0 Å². The number of rotatable bonds is 3. The molecule has 28 heavy (non-hydrogen) atoms. The van der Waals surface area contributed by atoms with Gasteiger partial charge < -0.3 is 4.90 Å². The fraction of sp³-hybridized carbons (Fsp3) is 0.292. The van der Waals surface area contributed by atoms with E-state index in [1.807, 2.05) is 12.1 Å². The van der Waals surface area contributed by atoms with Gasteiger partial charge in [0, 0.05) is 30.8 Å². The quantitative estimate of drug-likeness (QED) is 0.653. The number of Topliss-reactive ketones (excluding diaryl/α,β-unsaturated/α-hetero) is 1. The molecule has 5 rings (SSSR count). The molecule has 2 aliphatic rings. The van der Waals surface area contributed by atoms with E-state index < -0.39 is 0 Å². The summed E-state index contributed by atoms with van der Waals surface area (Å²) in [6, 6.07) is 15.8. The summed E-state index contributed by atoms with van der Waals surface area (Å²) in [6.45, 7) is 1.15. The number of aryl methyl sites for hydroxylation is 2. The van der Waals surface area contributed by atoms with Crippen molar-refractivity contribution in [2.75, 3.05) is 13.1 Å². The van der Waals surface area contributed by atoms with Crippen LogP contribution in [-0.4, -0.2) is 34.7 Å². The third-order valence-electron chi connectivity index (χ3n) is 6.11. The third kappa shape index (κ3) is 2.80. The van der Waals surface area contributed by atoms with Crippen LogP contribution in [0.1, 0.15) is 44.8 Å². The SMILES string of the molecule is O=C(c1ccc2c3c(cccc13)CC2)[C@H]1CCCN(C(=O)c2ccccn2)C1. The van der Waals surface area contributed by atoms with Crippen molar-refractivity contribution >= 4 is 22.5 Å². The fourth-order valence-electron chi connectivity index (χ4n) is 4.71. The van der Waals surface area contributed by atoms with Crippen molar-refractivity contribution < 1.29 is 9.59 Å². The molecule has 1 aromatic heterocycles. The molecule has 1 saturated heterocycles. The molecule has 0 N–H and O–H groups in total. The van der Waals surface area contributed by atoms with E-state index in [4.69, 9.17) is 0 Å². The summed E-state index contributed by atoms with van der Waals surface area (Å²) in [4.78, 5) is 32.1. The van der Waals surface area contributed by atoms with Crippen LogP contribution in [0.2, 0.25) is 0 Å². The van der Waals surface area contributed by atoms with Gasteiger partial charge in [0.25, 0.3) is 5.91 Å². The van der Waals surface area contributed by atoms with Gasteiger partial charge in [0.15, 0.2) is 5.78 Å². The van der Waals surface area contributed by atoms with Crippen LogP contribution in [0.4, 0.5) is 0 Å². The zero-order valence-corrected chi connectivity index (χ0v) is 15.7. The Kier molecular flexibility index (Phi) is 4.19. The zero-order chi connectivity index (χ0) is 19.1. The first-order chi connectivity index (χ1) is 13.7. The number of ketones is 1. The molecule has 1 amide bonds. The Labute approximate surface area is 164 Å². The maximum absolute atomic E-state index is 13.4. The Morgan fingerprint density at radius 3 is 2.64 bits per heavy atom. The molecule has 140 valence electrons. The Morgan fingerprint density at radius 1 is 0.964 bits per heavy atom. The number of amides is 1. The van der Waals surface area contributed by atoms with Crippen molar-refractivity contribution in [2.24, 2.45) is 5.92 Å². The number of aromatic nitrogens is 1. The van der Waals surface area contributed by atoms with Crippen LogP contribution in [0, 0.1) is 5.92 Å². The van der Waals surface area contributed by atoms with Gasteiger partial charge in [-0.3, -0.25) is 14.6 Å². The van der Waals surface area contributed by atoms with Crippen LogP contribution >= 0.6 is 0 Å². The lowest BCUT2D eigenvalue weighted by Crippen LogP contribution is -2.42. The number of piperidine rings is 1. The van der Waals surface area contributed by atoms with Crippen molar-refractivity contribution in [2.45, 2.75) is 25.7 Å². The normalized spacial score (nSPS) is 18.4. The number of hydrogen-bond acceptors (Lipinski definition) is 3. The van der Waals surface area contributed by atoms with Gasteiger partial charge in [0.1, 0.15) is 5.69 Å². The summed E-state index contributed by atoms with van der Waals surface area (Å²) in [5.74, 6) is -0.0764. The monoisotopic (exact) mass is 370 g/mol. The molecule has 0 saturated carbocycles. The average molecular weight is 370 g/mol. The summed E-state index contributed by atoms with van der Waals surface area (Å²) >= 11 is 0. The van der Waals surface area contributed by atoms with E-state index in [0.29, 0.717) is 18.8 Å². The molecule has 2 heterocycles. The second-order valence-electron chi connectivity index (χ2n) is 7.78. The molecule has 0 bridgehead atoms. The van der Waals surface area contributed by atoms with Gasteiger partial charge in [-0.1, -0.05) is 36.4 Å². The molecular weight excluding hydrogens is 348 g/mol. The summed E-state index contributed by atoms with van der Waals surface area (Å²) in [7, 11) is 0. The van der Waals surface area contributed by atoms with E-state index in [1.54, 1.807) is 23.2 Å². The molecule has 1 aliphatic heterocycles. The summed E-state index contributed by atoms with van der Waals surface area (Å²) in [5.41, 5.74) is 3.94. The highest BCUT2D eigenvalue weighted by Gasteiger charge is 2.31. The predicted octanol–water partition coefficient (Wildman–Crippen LogP) is 4.07. The molecule has 4 heteroatoms. The number of pyridine rings is 1. The largest absolute Gasteiger partial charge is 0.337 e. The minimum absolute atomic E-state index is 0.0847. The maximum atomic E-state index is 13.4. The fourth-order valence-corrected chi connectivity index (χ4v) is 4.71. The van der Waals surface area contributed by atoms with Crippen LogP contribution in [0.15, 0.2) is 54.7 Å². The van der Waals surface area contributed by atoms with Gasteiger partial charge in [-0.2, -0.15) is 0 Å². The Hall–Kier alpha value is -3.01. The Morgan fingerprint density at radius 2 is 1.82 bits per heavy atom. The van der Waals surface area contributed by atoms with E-state index >= 15 is 0 Å². The molecular formula is C24H22N2O2. The van der Waals surface area contributed by atoms with E-state index in [-0.39, 0.29) is 17.6 Å². The standard InChI is InChI=1S/C24H22N2O2/c27-23(20-12-11-17-10-9-16-5-3-7-19(20)22(16)17)18-6-4-14-26(15-18)24(28)21-8-1-2-13-25-21/h1-3,5,7-8,11-13,18H,4,6,9-10,14-15H2/t18-/m0/s1. The Bertz CT molecular complexity index is 1060. The first-order valence-corrected chi connectivity index (χ1v) is 10.0. The van der Waals surface area contributed by atoms with Crippen molar-refractivity contribution in [3.8, 4) is 0 Å². The van der Waals surface area contributed by atoms with Crippen LogP contribution < -0.4 is 0 Å². The molecule has 1 atom stereocenters. The van der Waals surface area contributed by atoms with Crippen LogP contribution in [0.3, 0.4) is 0 Å². The molecule has 4 nitrogen and oxygen atoms in total. The third-order valence-corrected chi connectivity index (χ3v) is 6.11. The molecule has 3 aromatic rings. The minimum Gasteiger partial charge on any atom is -0.337 e. The van der Waals surface area contributed by atoms with Crippen molar-refractivity contribution in [3.63, 3.8) is 0 Å². The second-order valence-corrected chi connectivity index (χ2v) is 7.78. The van der Waals surface area contributed by atoms with E-state index in [2.05, 4.69) is 29.2 Å². The van der Waals surface area contributed by atoms with Crippen LogP contribution in [0.5, 0.6) is 0 Å². The van der Waals surface area contributed by atoms with Gasteiger partial charge in [-0.25, -0.2) is 0 Å². The highest BCUT2D eigenvalue weighted by Crippen LogP contribution is 2.34. The maximum Gasteiger partial charge on any atom is 0.272 e. The molecule has 1 fully saturated rings. The second kappa shape index (κ2) is 6.86. The van der Waals surface area contributed by atoms with Gasteiger partial charge in [0.05, 0.1) is 0 Å². The topological polar surface area (TPSA) is 50.3 Å². The first kappa shape index (κ1) is 17.1. The highest BCUT2D eigenvalue weighted by molar-refractivity contribution is 6.11. The van der Waals surface area contributed by atoms with Crippen LogP contribution in [-0.2, 0) is 12.8 Å². The summed E-state index contributed by atoms with van der Waals surface area (Å²) < 4.78 is 0. The lowest BCUT2D eigenvalue weighted by atomic mass is 9.87. The molecule has 0 radical (unpaired) electrons. The number of benzene rings is 2. The lowest BCUT2D eigenvalue weighted by molar-refractivity contribution is 0.0632. The van der Waals surface area contributed by atoms with Crippen molar-refractivity contribution in [1.82, 2.24) is 9.88 Å². The Balaban J connectivity index is 1.43. The van der Waals surface area contributed by atoms with Gasteiger partial charge in [-0.05, 0) is 59.7 Å². The number of likely N-dealkylation sites (tertiary alicyclic amines) is 1. The zero-order valence-electron chi connectivity index (χ0n) is 15.7. The average Bonchev–Trinajstić information content (AvgIpc) is 3.19. The van der Waals surface area contributed by atoms with Crippen LogP contribution in [0.25, 0.3) is 10.8 Å². The molecule has 1 aliphatic carbocycles. The van der Waals surface area contributed by atoms with Crippen molar-refractivity contribution in [1.29, 1.82) is 0 Å². The minimum atomic E-state index is -0.153. The number of hydrogen-bond donors (Lipinski definition) is 0. The predicted molar refractivity (Wildman–Crippen MR) is 109 cm³/mol. The number of carbonyl (C=O) groups excluding carboxylic acids is 2. The molecule has 0 spiro atoms. The number of carbonyl (C=O) groups is 2. The molecule has 0 unspecified atom stereocenters. The van der Waals surface area contributed by atoms with Gasteiger partial charge in [-0.15, -0.1) is 0 Å². The summed E-state index contributed by atoms with van der Waals surface area (Å²) in [5, 5.41) is 2.34. The molecule has 2 aromatic carbocycles. The van der Waals surface area contributed by atoms with E-state index in [1.165, 1.54) is 16.5 Å². The van der Waals surface area contributed by atoms with Crippen molar-refractivity contribution in [3.05, 3.63) is 77.1 Å².